The number of rotatable bonds is 10. The Morgan fingerprint density at radius 2 is 1.57 bits per heavy atom. The van der Waals surface area contributed by atoms with Crippen molar-refractivity contribution < 1.29 is 19.4 Å². The van der Waals surface area contributed by atoms with Crippen LogP contribution < -0.4 is 10.1 Å². The molecule has 4 aromatic carbocycles. The van der Waals surface area contributed by atoms with E-state index in [9.17, 15) is 4.79 Å². The summed E-state index contributed by atoms with van der Waals surface area (Å²) >= 11 is 7.35. The zero-order valence-corrected chi connectivity index (χ0v) is 24.8. The van der Waals surface area contributed by atoms with Gasteiger partial charge in [0.15, 0.2) is 11.6 Å². The monoisotopic (exact) mass is 662 g/mol. The highest BCUT2D eigenvalue weighted by molar-refractivity contribution is 9.10. The van der Waals surface area contributed by atoms with Gasteiger partial charge >= 0.3 is 0 Å². The Hall–Kier alpha value is -3.46. The molecule has 0 aliphatic carbocycles. The zero-order valence-electron chi connectivity index (χ0n) is 21.6. The molecule has 0 spiro atoms. The SMILES string of the molecule is O=C(Nc1ccccc1)[C@]1(Cc2ccccc2Br)N=C(c2ccc(OCCCO)cc2)O[C@@H]1c1ccccc1Br. The lowest BCUT2D eigenvalue weighted by Crippen LogP contribution is -2.47. The summed E-state index contributed by atoms with van der Waals surface area (Å²) in [5.74, 6) is 0.784. The number of hydrogen-bond donors (Lipinski definition) is 2. The molecule has 0 bridgehead atoms. The first-order valence-corrected chi connectivity index (χ1v) is 14.5. The van der Waals surface area contributed by atoms with Gasteiger partial charge in [-0.15, -0.1) is 0 Å². The number of benzene rings is 4. The van der Waals surface area contributed by atoms with Crippen LogP contribution in [0.25, 0.3) is 0 Å². The van der Waals surface area contributed by atoms with Crippen molar-refractivity contribution in [1.82, 2.24) is 0 Å². The van der Waals surface area contributed by atoms with Crippen LogP contribution in [0.3, 0.4) is 0 Å². The number of carbonyl (C=O) groups is 1. The van der Waals surface area contributed by atoms with Gasteiger partial charge in [-0.3, -0.25) is 4.79 Å². The van der Waals surface area contributed by atoms with Gasteiger partial charge in [0.2, 0.25) is 5.90 Å². The number of nitrogens with one attached hydrogen (secondary N) is 1. The lowest BCUT2D eigenvalue weighted by molar-refractivity contribution is -0.123. The molecule has 1 aliphatic rings. The summed E-state index contributed by atoms with van der Waals surface area (Å²) in [4.78, 5) is 19.4. The van der Waals surface area contributed by atoms with E-state index in [-0.39, 0.29) is 12.5 Å². The second-order valence-corrected chi connectivity index (χ2v) is 11.1. The first kappa shape index (κ1) is 28.1. The molecule has 4 aromatic rings. The summed E-state index contributed by atoms with van der Waals surface area (Å²) in [6, 6.07) is 32.4. The number of hydrogen-bond acceptors (Lipinski definition) is 5. The van der Waals surface area contributed by atoms with Crippen LogP contribution in [0, 0.1) is 0 Å². The van der Waals surface area contributed by atoms with Crippen molar-refractivity contribution in [2.75, 3.05) is 18.5 Å². The molecule has 0 aromatic heterocycles. The number of carbonyl (C=O) groups excluding carboxylic acids is 1. The van der Waals surface area contributed by atoms with Crippen LogP contribution in [0.4, 0.5) is 5.69 Å². The Morgan fingerprint density at radius 3 is 2.27 bits per heavy atom. The topological polar surface area (TPSA) is 80.2 Å². The van der Waals surface area contributed by atoms with Crippen LogP contribution in [0.1, 0.15) is 29.2 Å². The lowest BCUT2D eigenvalue weighted by Gasteiger charge is -2.31. The first-order valence-electron chi connectivity index (χ1n) is 12.9. The molecule has 0 radical (unpaired) electrons. The molecule has 5 rings (SSSR count). The van der Waals surface area contributed by atoms with Crippen molar-refractivity contribution in [3.05, 3.63) is 129 Å². The maximum absolute atomic E-state index is 14.4. The number of amides is 1. The molecule has 0 fully saturated rings. The average Bonchev–Trinajstić information content (AvgIpc) is 3.36. The second-order valence-electron chi connectivity index (χ2n) is 9.40. The summed E-state index contributed by atoms with van der Waals surface area (Å²) in [5, 5.41) is 12.1. The molecule has 0 saturated heterocycles. The predicted molar refractivity (Wildman–Crippen MR) is 164 cm³/mol. The highest BCUT2D eigenvalue weighted by Crippen LogP contribution is 2.45. The standard InChI is InChI=1S/C32H28Br2N2O4/c33-27-13-6-4-9-23(27)21-32(31(38)35-24-10-2-1-3-11-24)29(26-12-5-7-14-28(26)34)40-30(36-32)22-15-17-25(18-16-22)39-20-8-19-37/h1-7,9-18,29,37H,8,19-21H2,(H,35,38)/t29-,32-/m1/s1. The van der Waals surface area contributed by atoms with Crippen molar-refractivity contribution in [3.63, 3.8) is 0 Å². The molecule has 40 heavy (non-hydrogen) atoms. The predicted octanol–water partition coefficient (Wildman–Crippen LogP) is 7.11. The maximum atomic E-state index is 14.4. The number of aliphatic imine (C=N–C) groups is 1. The number of ether oxygens (including phenoxy) is 2. The van der Waals surface area contributed by atoms with Gasteiger partial charge in [-0.05, 0) is 54.1 Å². The van der Waals surface area contributed by atoms with Gasteiger partial charge in [0.25, 0.3) is 5.91 Å². The van der Waals surface area contributed by atoms with Crippen molar-refractivity contribution in [2.24, 2.45) is 4.99 Å². The molecular formula is C32H28Br2N2O4. The van der Waals surface area contributed by atoms with Gasteiger partial charge < -0.3 is 19.9 Å². The van der Waals surface area contributed by atoms with Crippen LogP contribution >= 0.6 is 31.9 Å². The van der Waals surface area contributed by atoms with E-state index < -0.39 is 11.6 Å². The van der Waals surface area contributed by atoms with Gasteiger partial charge in [0, 0.05) is 45.2 Å². The van der Waals surface area contributed by atoms with Crippen molar-refractivity contribution >= 4 is 49.4 Å². The van der Waals surface area contributed by atoms with Gasteiger partial charge in [-0.25, -0.2) is 4.99 Å². The van der Waals surface area contributed by atoms with Gasteiger partial charge in [-0.2, -0.15) is 0 Å². The summed E-state index contributed by atoms with van der Waals surface area (Å²) < 4.78 is 14.0. The second kappa shape index (κ2) is 12.8. The number of anilines is 1. The van der Waals surface area contributed by atoms with E-state index in [1.165, 1.54) is 0 Å². The number of aliphatic hydroxyl groups excluding tert-OH is 1. The fraction of sp³-hybridized carbons (Fsp3) is 0.188. The molecule has 1 heterocycles. The third-order valence-electron chi connectivity index (χ3n) is 6.67. The summed E-state index contributed by atoms with van der Waals surface area (Å²) in [6.07, 6.45) is 0.138. The quantitative estimate of drug-likeness (QED) is 0.177. The van der Waals surface area contributed by atoms with Crippen molar-refractivity contribution in [2.45, 2.75) is 24.5 Å². The van der Waals surface area contributed by atoms with E-state index in [0.29, 0.717) is 36.8 Å². The number of aliphatic hydroxyl groups is 1. The third kappa shape index (κ3) is 6.14. The van der Waals surface area contributed by atoms with Crippen molar-refractivity contribution in [1.29, 1.82) is 0 Å². The van der Waals surface area contributed by atoms with E-state index in [4.69, 9.17) is 19.6 Å². The maximum Gasteiger partial charge on any atom is 0.257 e. The van der Waals surface area contributed by atoms with E-state index in [1.807, 2.05) is 103 Å². The average molecular weight is 664 g/mol. The number of nitrogens with zero attached hydrogens (tertiary/aromatic N) is 1. The minimum Gasteiger partial charge on any atom is -0.494 e. The Labute approximate surface area is 250 Å². The minimum absolute atomic E-state index is 0.0732. The molecule has 0 saturated carbocycles. The molecule has 1 amide bonds. The summed E-state index contributed by atoms with van der Waals surface area (Å²) in [7, 11) is 0. The molecule has 2 atom stereocenters. The Kier molecular flexibility index (Phi) is 8.99. The molecule has 0 unspecified atom stereocenters. The number of halogens is 2. The highest BCUT2D eigenvalue weighted by Gasteiger charge is 2.54. The smallest absolute Gasteiger partial charge is 0.257 e. The van der Waals surface area contributed by atoms with Crippen LogP contribution in [0.5, 0.6) is 5.75 Å². The Balaban J connectivity index is 1.61. The minimum atomic E-state index is -1.32. The van der Waals surface area contributed by atoms with Crippen LogP contribution in [0.15, 0.2) is 117 Å². The molecule has 6 nitrogen and oxygen atoms in total. The summed E-state index contributed by atoms with van der Waals surface area (Å²) in [5.41, 5.74) is 1.84. The molecule has 204 valence electrons. The van der Waals surface area contributed by atoms with Crippen LogP contribution in [-0.4, -0.2) is 35.7 Å². The number of para-hydroxylation sites is 1. The zero-order chi connectivity index (χ0) is 28.0. The largest absolute Gasteiger partial charge is 0.494 e. The fourth-order valence-electron chi connectivity index (χ4n) is 4.64. The van der Waals surface area contributed by atoms with Gasteiger partial charge in [-0.1, -0.05) is 86.5 Å². The molecule has 8 heteroatoms. The fourth-order valence-corrected chi connectivity index (χ4v) is 5.56. The van der Waals surface area contributed by atoms with E-state index in [1.54, 1.807) is 0 Å². The highest BCUT2D eigenvalue weighted by atomic mass is 79.9. The van der Waals surface area contributed by atoms with E-state index >= 15 is 0 Å². The Bertz CT molecular complexity index is 1490. The van der Waals surface area contributed by atoms with Crippen molar-refractivity contribution in [3.8, 4) is 5.75 Å². The lowest BCUT2D eigenvalue weighted by atomic mass is 9.82. The van der Waals surface area contributed by atoms with Gasteiger partial charge in [0.05, 0.1) is 6.61 Å². The molecule has 2 N–H and O–H groups in total. The molecular weight excluding hydrogens is 636 g/mol. The third-order valence-corrected chi connectivity index (χ3v) is 8.16. The summed E-state index contributed by atoms with van der Waals surface area (Å²) in [6.45, 7) is 0.496. The van der Waals surface area contributed by atoms with Gasteiger partial charge in [0.1, 0.15) is 5.75 Å². The normalized spacial score (nSPS) is 18.1. The van der Waals surface area contributed by atoms with E-state index in [2.05, 4.69) is 37.2 Å². The van der Waals surface area contributed by atoms with Crippen LogP contribution in [-0.2, 0) is 16.0 Å². The first-order chi connectivity index (χ1) is 19.5. The van der Waals surface area contributed by atoms with Crippen LogP contribution in [0.2, 0.25) is 0 Å². The molecule has 1 aliphatic heterocycles. The Morgan fingerprint density at radius 1 is 0.900 bits per heavy atom. The van der Waals surface area contributed by atoms with E-state index in [0.717, 1.165) is 25.6 Å².